The van der Waals surface area contributed by atoms with Gasteiger partial charge >= 0.3 is 0 Å². The second kappa shape index (κ2) is 8.04. The van der Waals surface area contributed by atoms with Gasteiger partial charge in [-0.1, -0.05) is 81.3 Å². The van der Waals surface area contributed by atoms with Crippen molar-refractivity contribution in [1.29, 1.82) is 0 Å². The van der Waals surface area contributed by atoms with Crippen LogP contribution in [0, 0.1) is 0 Å². The van der Waals surface area contributed by atoms with Crippen LogP contribution in [0.1, 0.15) is 48.9 Å². The van der Waals surface area contributed by atoms with Gasteiger partial charge in [0.15, 0.2) is 0 Å². The van der Waals surface area contributed by atoms with E-state index in [1.807, 2.05) is 0 Å². The zero-order chi connectivity index (χ0) is 22.4. The fourth-order valence-electron chi connectivity index (χ4n) is 5.29. The number of nitrogens with zero attached hydrogens (tertiary/aromatic N) is 1. The minimum absolute atomic E-state index is 1.03. The molecule has 0 aliphatic heterocycles. The van der Waals surface area contributed by atoms with Gasteiger partial charge in [0.2, 0.25) is 0 Å². The van der Waals surface area contributed by atoms with Crippen LogP contribution in [0.25, 0.3) is 32.9 Å². The van der Waals surface area contributed by atoms with Gasteiger partial charge in [-0.2, -0.15) is 0 Å². The molecule has 5 aromatic rings. The summed E-state index contributed by atoms with van der Waals surface area (Å²) in [5.41, 5.74) is 12.2. The Morgan fingerprint density at radius 3 is 1.91 bits per heavy atom. The Labute approximate surface area is 195 Å². The molecule has 2 nitrogen and oxygen atoms in total. The number of rotatable bonds is 5. The second-order valence-electron chi connectivity index (χ2n) is 9.09. The lowest BCUT2D eigenvalue weighted by molar-refractivity contribution is 0.923. The fraction of sp³-hybridized carbons (Fsp3) is 0.194. The number of aliphatic imine (C=N–C) groups is 1. The first-order chi connectivity index (χ1) is 16.3. The summed E-state index contributed by atoms with van der Waals surface area (Å²) in [6.45, 7) is 4.48. The minimum atomic E-state index is 1.03. The summed E-state index contributed by atoms with van der Waals surface area (Å²) >= 11 is 0. The highest BCUT2D eigenvalue weighted by molar-refractivity contribution is 6.26. The number of aromatic nitrogens is 1. The maximum absolute atomic E-state index is 5.35. The van der Waals surface area contributed by atoms with E-state index in [4.69, 9.17) is 4.99 Å². The highest BCUT2D eigenvalue weighted by atomic mass is 14.8. The maximum Gasteiger partial charge on any atom is 0.0881 e. The topological polar surface area (TPSA) is 28.1 Å². The summed E-state index contributed by atoms with van der Waals surface area (Å²) in [7, 11) is 0. The van der Waals surface area contributed by atoms with Crippen LogP contribution in [0.5, 0.6) is 0 Å². The predicted molar refractivity (Wildman–Crippen MR) is 141 cm³/mol. The zero-order valence-electron chi connectivity index (χ0n) is 19.3. The van der Waals surface area contributed by atoms with Gasteiger partial charge in [0.1, 0.15) is 0 Å². The van der Waals surface area contributed by atoms with Crippen molar-refractivity contribution in [3.63, 3.8) is 0 Å². The van der Waals surface area contributed by atoms with Crippen molar-refractivity contribution in [2.24, 2.45) is 4.99 Å². The molecule has 0 amide bonds. The smallest absolute Gasteiger partial charge is 0.0881 e. The van der Waals surface area contributed by atoms with E-state index in [0.29, 0.717) is 0 Å². The normalized spacial score (nSPS) is 12.4. The van der Waals surface area contributed by atoms with Gasteiger partial charge in [0.05, 0.1) is 16.9 Å². The van der Waals surface area contributed by atoms with Crippen LogP contribution in [-0.2, 0) is 12.8 Å². The summed E-state index contributed by atoms with van der Waals surface area (Å²) in [5, 5.41) is 2.59. The lowest BCUT2D eigenvalue weighted by atomic mass is 10.0. The van der Waals surface area contributed by atoms with E-state index >= 15 is 0 Å². The van der Waals surface area contributed by atoms with E-state index in [9.17, 15) is 0 Å². The number of aromatic amines is 1. The Morgan fingerprint density at radius 1 is 0.636 bits per heavy atom. The molecule has 1 aromatic heterocycles. The molecule has 0 spiro atoms. The van der Waals surface area contributed by atoms with E-state index in [1.165, 1.54) is 49.7 Å². The number of nitrogens with one attached hydrogen (secondary N) is 1. The quantitative estimate of drug-likeness (QED) is 0.286. The lowest BCUT2D eigenvalue weighted by Gasteiger charge is -2.07. The average Bonchev–Trinajstić information content (AvgIpc) is 3.36. The number of aryl methyl sites for hydroxylation is 2. The molecule has 6 rings (SSSR count). The van der Waals surface area contributed by atoms with Crippen LogP contribution in [0.2, 0.25) is 0 Å². The van der Waals surface area contributed by atoms with Crippen molar-refractivity contribution in [3.8, 4) is 11.1 Å². The van der Waals surface area contributed by atoms with Crippen molar-refractivity contribution in [1.82, 2.24) is 4.98 Å². The molecule has 0 atom stereocenters. The van der Waals surface area contributed by atoms with Crippen LogP contribution in [0.4, 0.5) is 5.69 Å². The Hall–Kier alpha value is -3.65. The number of H-pyrrole nitrogens is 1. The molecule has 162 valence electrons. The van der Waals surface area contributed by atoms with Crippen LogP contribution >= 0.6 is 0 Å². The molecule has 0 saturated heterocycles. The average molecular weight is 429 g/mol. The third-order valence-corrected chi connectivity index (χ3v) is 6.78. The van der Waals surface area contributed by atoms with Gasteiger partial charge in [-0.15, -0.1) is 0 Å². The summed E-state index contributed by atoms with van der Waals surface area (Å²) in [6, 6.07) is 28.8. The molecule has 0 saturated carbocycles. The Kier molecular flexibility index (Phi) is 4.87. The number of benzene rings is 4. The second-order valence-corrected chi connectivity index (χ2v) is 9.09. The largest absolute Gasteiger partial charge is 0.353 e. The molecule has 0 unspecified atom stereocenters. The summed E-state index contributed by atoms with van der Waals surface area (Å²) in [6.07, 6.45) is 4.45. The maximum atomic E-state index is 5.35. The van der Waals surface area contributed by atoms with Gasteiger partial charge in [-0.25, -0.2) is 4.99 Å². The molecule has 1 N–H and O–H groups in total. The summed E-state index contributed by atoms with van der Waals surface area (Å²) in [5.74, 6) is 0. The first-order valence-corrected chi connectivity index (χ1v) is 12.1. The van der Waals surface area contributed by atoms with Crippen molar-refractivity contribution >= 4 is 33.2 Å². The minimum Gasteiger partial charge on any atom is -0.353 e. The van der Waals surface area contributed by atoms with Gasteiger partial charge in [-0.05, 0) is 59.4 Å². The van der Waals surface area contributed by atoms with Crippen molar-refractivity contribution < 1.29 is 0 Å². The predicted octanol–water partition coefficient (Wildman–Crippen LogP) is 8.38. The summed E-state index contributed by atoms with van der Waals surface area (Å²) in [4.78, 5) is 9.05. The summed E-state index contributed by atoms with van der Waals surface area (Å²) < 4.78 is 0. The molecule has 0 fully saturated rings. The molecular formula is C31H28N2. The van der Waals surface area contributed by atoms with E-state index in [0.717, 1.165) is 42.6 Å². The Balaban J connectivity index is 1.62. The molecule has 1 heterocycles. The third-order valence-electron chi connectivity index (χ3n) is 6.78. The van der Waals surface area contributed by atoms with Crippen LogP contribution < -0.4 is 0 Å². The van der Waals surface area contributed by atoms with Gasteiger partial charge < -0.3 is 4.98 Å². The fourth-order valence-corrected chi connectivity index (χ4v) is 5.29. The number of fused-ring (bicyclic) bond motifs is 6. The monoisotopic (exact) mass is 428 g/mol. The van der Waals surface area contributed by atoms with E-state index in [1.54, 1.807) is 0 Å². The van der Waals surface area contributed by atoms with E-state index < -0.39 is 0 Å². The molecule has 0 radical (unpaired) electrons. The molecule has 1 aliphatic rings. The van der Waals surface area contributed by atoms with Crippen molar-refractivity contribution in [2.45, 2.75) is 39.5 Å². The van der Waals surface area contributed by atoms with Crippen LogP contribution in [0.3, 0.4) is 0 Å². The SMILES string of the molecule is CCCc1ccc2[nH]c3c(N=C4c5ccccc5-c5ccccc54)cc(CCC)cc3c2c1. The van der Waals surface area contributed by atoms with Crippen LogP contribution in [-0.4, -0.2) is 10.7 Å². The van der Waals surface area contributed by atoms with Crippen molar-refractivity contribution in [2.75, 3.05) is 0 Å². The van der Waals surface area contributed by atoms with Gasteiger partial charge in [0, 0.05) is 27.4 Å². The van der Waals surface area contributed by atoms with Gasteiger partial charge in [-0.3, -0.25) is 0 Å². The Morgan fingerprint density at radius 2 is 1.24 bits per heavy atom. The van der Waals surface area contributed by atoms with E-state index in [-0.39, 0.29) is 0 Å². The molecule has 4 aromatic carbocycles. The zero-order valence-corrected chi connectivity index (χ0v) is 19.3. The first-order valence-electron chi connectivity index (χ1n) is 12.1. The standard InChI is InChI=1S/C31H28N2/c1-3-9-20-15-16-28-26(17-20)27-18-21(10-4-2)19-29(31(27)32-28)33-30-24-13-7-5-11-22(24)23-12-6-8-14-25(23)30/h5-8,11-19,32H,3-4,9-10H2,1-2H3. The number of hydrogen-bond donors (Lipinski definition) is 1. The first kappa shape index (κ1) is 20.0. The van der Waals surface area contributed by atoms with Crippen molar-refractivity contribution in [3.05, 3.63) is 101 Å². The highest BCUT2D eigenvalue weighted by Gasteiger charge is 2.24. The number of hydrogen-bond acceptors (Lipinski definition) is 1. The highest BCUT2D eigenvalue weighted by Crippen LogP contribution is 2.40. The molecule has 2 heteroatoms. The van der Waals surface area contributed by atoms with E-state index in [2.05, 4.69) is 97.7 Å². The Bertz CT molecular complexity index is 1490. The van der Waals surface area contributed by atoms with Gasteiger partial charge in [0.25, 0.3) is 0 Å². The third kappa shape index (κ3) is 3.29. The molecule has 0 bridgehead atoms. The molecule has 33 heavy (non-hydrogen) atoms. The molecular weight excluding hydrogens is 400 g/mol. The lowest BCUT2D eigenvalue weighted by Crippen LogP contribution is -1.97. The van der Waals surface area contributed by atoms with Crippen LogP contribution in [0.15, 0.2) is 83.9 Å². The molecule has 1 aliphatic carbocycles.